The number of halogens is 2. The number of hydrogen-bond acceptors (Lipinski definition) is 4. The summed E-state index contributed by atoms with van der Waals surface area (Å²) >= 11 is 0. The maximum Gasteiger partial charge on any atom is 0.387 e. The third-order valence-corrected chi connectivity index (χ3v) is 3.90. The van der Waals surface area contributed by atoms with Crippen molar-refractivity contribution in [2.45, 2.75) is 19.5 Å². The Bertz CT molecular complexity index is 662. The van der Waals surface area contributed by atoms with Crippen LogP contribution in [0.2, 0.25) is 0 Å². The second kappa shape index (κ2) is 8.46. The predicted octanol–water partition coefficient (Wildman–Crippen LogP) is 2.63. The van der Waals surface area contributed by atoms with Crippen LogP contribution in [0.3, 0.4) is 0 Å². The first-order valence-corrected chi connectivity index (χ1v) is 7.73. The van der Waals surface area contributed by atoms with Gasteiger partial charge in [0.05, 0.1) is 13.0 Å². The zero-order valence-corrected chi connectivity index (χ0v) is 13.7. The number of aliphatic carboxylic acids is 1. The molecule has 25 heavy (non-hydrogen) atoms. The fourth-order valence-electron chi connectivity index (χ4n) is 2.63. The zero-order chi connectivity index (χ0) is 18.4. The molecule has 0 saturated carbocycles. The van der Waals surface area contributed by atoms with Crippen LogP contribution in [-0.2, 0) is 9.59 Å². The molecular formula is C17H19F2NO5. The van der Waals surface area contributed by atoms with E-state index in [1.54, 1.807) is 0 Å². The third-order valence-electron chi connectivity index (χ3n) is 3.90. The molecule has 0 aromatic heterocycles. The molecule has 1 atom stereocenters. The van der Waals surface area contributed by atoms with Crippen LogP contribution in [0, 0.1) is 5.92 Å². The Balaban J connectivity index is 2.05. The molecule has 0 spiro atoms. The number of hydrogen-bond donors (Lipinski definition) is 1. The molecule has 1 saturated heterocycles. The summed E-state index contributed by atoms with van der Waals surface area (Å²) in [6.07, 6.45) is 4.05. The number of ether oxygens (including phenoxy) is 2. The molecule has 1 aliphatic heterocycles. The van der Waals surface area contributed by atoms with Gasteiger partial charge in [-0.25, -0.2) is 0 Å². The smallest absolute Gasteiger partial charge is 0.387 e. The largest absolute Gasteiger partial charge is 0.493 e. The lowest BCUT2D eigenvalue weighted by Crippen LogP contribution is -2.41. The lowest BCUT2D eigenvalue weighted by molar-refractivity contribution is -0.144. The first-order chi connectivity index (χ1) is 11.9. The minimum absolute atomic E-state index is 0.0960. The van der Waals surface area contributed by atoms with Crippen LogP contribution in [0.15, 0.2) is 24.3 Å². The van der Waals surface area contributed by atoms with Gasteiger partial charge in [0.25, 0.3) is 0 Å². The van der Waals surface area contributed by atoms with E-state index in [0.29, 0.717) is 24.9 Å². The van der Waals surface area contributed by atoms with E-state index in [1.807, 2.05) is 0 Å². The van der Waals surface area contributed by atoms with Crippen molar-refractivity contribution >= 4 is 18.0 Å². The topological polar surface area (TPSA) is 76.1 Å². The lowest BCUT2D eigenvalue weighted by atomic mass is 9.98. The molecule has 1 heterocycles. The van der Waals surface area contributed by atoms with E-state index in [4.69, 9.17) is 9.84 Å². The molecule has 0 bridgehead atoms. The summed E-state index contributed by atoms with van der Waals surface area (Å²) in [4.78, 5) is 24.7. The third kappa shape index (κ3) is 5.17. The molecule has 6 nitrogen and oxygen atoms in total. The summed E-state index contributed by atoms with van der Waals surface area (Å²) in [5.41, 5.74) is 0.568. The average Bonchev–Trinajstić information content (AvgIpc) is 2.60. The fraction of sp³-hybridized carbons (Fsp3) is 0.412. The van der Waals surface area contributed by atoms with Crippen LogP contribution in [0.4, 0.5) is 8.78 Å². The van der Waals surface area contributed by atoms with Crippen LogP contribution < -0.4 is 9.47 Å². The van der Waals surface area contributed by atoms with Crippen molar-refractivity contribution in [3.8, 4) is 11.5 Å². The number of likely N-dealkylation sites (tertiary alicyclic amines) is 1. The van der Waals surface area contributed by atoms with Crippen LogP contribution in [0.25, 0.3) is 6.08 Å². The molecule has 1 aromatic rings. The van der Waals surface area contributed by atoms with Crippen molar-refractivity contribution in [1.82, 2.24) is 4.90 Å². The first-order valence-electron chi connectivity index (χ1n) is 7.73. The zero-order valence-electron chi connectivity index (χ0n) is 13.7. The van der Waals surface area contributed by atoms with Crippen molar-refractivity contribution in [2.75, 3.05) is 20.2 Å². The first kappa shape index (κ1) is 18.7. The van der Waals surface area contributed by atoms with Crippen LogP contribution in [0.1, 0.15) is 18.4 Å². The number of carboxylic acids is 1. The van der Waals surface area contributed by atoms with Crippen LogP contribution >= 0.6 is 0 Å². The summed E-state index contributed by atoms with van der Waals surface area (Å²) in [6, 6.07) is 4.31. The number of nitrogens with zero attached hydrogens (tertiary/aromatic N) is 1. The predicted molar refractivity (Wildman–Crippen MR) is 85.6 cm³/mol. The standard InChI is InChI=1S/C17H19F2NO5/c1-24-14-9-11(4-6-13(14)25-17(18)19)5-7-15(21)20-8-2-3-12(10-20)16(22)23/h4-7,9,12,17H,2-3,8,10H2,1H3,(H,22,23)/b7-5-/t12-/m1/s1. The second-order valence-electron chi connectivity index (χ2n) is 5.58. The molecule has 0 unspecified atom stereocenters. The second-order valence-corrected chi connectivity index (χ2v) is 5.58. The monoisotopic (exact) mass is 355 g/mol. The minimum Gasteiger partial charge on any atom is -0.493 e. The Morgan fingerprint density at radius 3 is 2.76 bits per heavy atom. The van der Waals surface area contributed by atoms with Crippen molar-refractivity contribution in [3.05, 3.63) is 29.8 Å². The van der Waals surface area contributed by atoms with Gasteiger partial charge >= 0.3 is 12.6 Å². The number of carbonyl (C=O) groups excluding carboxylic acids is 1. The van der Waals surface area contributed by atoms with E-state index >= 15 is 0 Å². The Hall–Kier alpha value is -2.64. The molecule has 0 aliphatic carbocycles. The highest BCUT2D eigenvalue weighted by atomic mass is 19.3. The van der Waals surface area contributed by atoms with Crippen molar-refractivity contribution in [2.24, 2.45) is 5.92 Å². The molecule has 0 radical (unpaired) electrons. The van der Waals surface area contributed by atoms with Gasteiger partial charge in [-0.1, -0.05) is 6.07 Å². The number of rotatable bonds is 6. The SMILES string of the molecule is COc1cc(/C=C\C(=O)N2CCC[C@@H](C(=O)O)C2)ccc1OC(F)F. The summed E-state index contributed by atoms with van der Waals surface area (Å²) in [5.74, 6) is -1.71. The van der Waals surface area contributed by atoms with Gasteiger partial charge in [0.1, 0.15) is 0 Å². The van der Waals surface area contributed by atoms with Gasteiger partial charge in [0, 0.05) is 19.2 Å². The minimum atomic E-state index is -2.96. The molecule has 1 amide bonds. The van der Waals surface area contributed by atoms with Gasteiger partial charge < -0.3 is 19.5 Å². The lowest BCUT2D eigenvalue weighted by Gasteiger charge is -2.29. The van der Waals surface area contributed by atoms with Crippen LogP contribution in [0.5, 0.6) is 11.5 Å². The molecule has 1 fully saturated rings. The molecule has 1 N–H and O–H groups in total. The highest BCUT2D eigenvalue weighted by Crippen LogP contribution is 2.30. The summed E-state index contributed by atoms with van der Waals surface area (Å²) in [7, 11) is 1.33. The van der Waals surface area contributed by atoms with E-state index < -0.39 is 18.5 Å². The molecule has 1 aromatic carbocycles. The van der Waals surface area contributed by atoms with Gasteiger partial charge in [-0.05, 0) is 36.6 Å². The normalized spacial score (nSPS) is 17.8. The van der Waals surface area contributed by atoms with E-state index in [2.05, 4.69) is 4.74 Å². The Kier molecular flexibility index (Phi) is 6.32. The van der Waals surface area contributed by atoms with Gasteiger partial charge in [-0.3, -0.25) is 9.59 Å². The number of amides is 1. The van der Waals surface area contributed by atoms with E-state index in [-0.39, 0.29) is 24.0 Å². The van der Waals surface area contributed by atoms with Gasteiger partial charge in [0.2, 0.25) is 5.91 Å². The summed E-state index contributed by atoms with van der Waals surface area (Å²) in [6.45, 7) is -2.27. The van der Waals surface area contributed by atoms with Gasteiger partial charge in [-0.2, -0.15) is 8.78 Å². The number of methoxy groups -OCH3 is 1. The number of benzene rings is 1. The van der Waals surface area contributed by atoms with Gasteiger partial charge in [0.15, 0.2) is 11.5 Å². The number of carbonyl (C=O) groups is 2. The Morgan fingerprint density at radius 1 is 1.36 bits per heavy atom. The van der Waals surface area contributed by atoms with E-state index in [9.17, 15) is 18.4 Å². The van der Waals surface area contributed by atoms with Gasteiger partial charge in [-0.15, -0.1) is 0 Å². The maximum atomic E-state index is 12.3. The number of carboxylic acid groups (broad SMARTS) is 1. The Morgan fingerprint density at radius 2 is 2.12 bits per heavy atom. The van der Waals surface area contributed by atoms with E-state index in [1.165, 1.54) is 42.4 Å². The van der Waals surface area contributed by atoms with Crippen molar-refractivity contribution < 1.29 is 33.0 Å². The number of alkyl halides is 2. The molecular weight excluding hydrogens is 336 g/mol. The summed E-state index contributed by atoms with van der Waals surface area (Å²) < 4.78 is 33.9. The quantitative estimate of drug-likeness (QED) is 0.794. The summed E-state index contributed by atoms with van der Waals surface area (Å²) in [5, 5.41) is 9.06. The Labute approximate surface area is 143 Å². The fourth-order valence-corrected chi connectivity index (χ4v) is 2.63. The molecule has 136 valence electrons. The van der Waals surface area contributed by atoms with E-state index in [0.717, 1.165) is 0 Å². The molecule has 2 rings (SSSR count). The average molecular weight is 355 g/mol. The van der Waals surface area contributed by atoms with Crippen molar-refractivity contribution in [3.63, 3.8) is 0 Å². The van der Waals surface area contributed by atoms with Crippen LogP contribution in [-0.4, -0.2) is 48.7 Å². The van der Waals surface area contributed by atoms with Crippen molar-refractivity contribution in [1.29, 1.82) is 0 Å². The highest BCUT2D eigenvalue weighted by molar-refractivity contribution is 5.92. The molecule has 8 heteroatoms. The highest BCUT2D eigenvalue weighted by Gasteiger charge is 2.27. The molecule has 1 aliphatic rings. The maximum absolute atomic E-state index is 12.3. The number of piperidine rings is 1.